The number of hydrogen-bond acceptors (Lipinski definition) is 5. The summed E-state index contributed by atoms with van der Waals surface area (Å²) in [5.74, 6) is 0.0119. The third-order valence-electron chi connectivity index (χ3n) is 4.82. The van der Waals surface area contributed by atoms with Crippen LogP contribution in [0.1, 0.15) is 25.3 Å². The smallest absolute Gasteiger partial charge is 0.238 e. The fraction of sp³-hybridized carbons (Fsp3) is 0.474. The highest BCUT2D eigenvalue weighted by Gasteiger charge is 2.33. The number of benzene rings is 1. The van der Waals surface area contributed by atoms with E-state index >= 15 is 0 Å². The first-order valence-electron chi connectivity index (χ1n) is 8.64. The summed E-state index contributed by atoms with van der Waals surface area (Å²) < 4.78 is 0. The maximum absolute atomic E-state index is 12.4. The van der Waals surface area contributed by atoms with Gasteiger partial charge in [0, 0.05) is 35.8 Å². The number of aryl methyl sites for hydroxylation is 1. The second-order valence-electron chi connectivity index (χ2n) is 7.48. The number of likely N-dealkylation sites (tertiary alicyclic amines) is 1. The Morgan fingerprint density at radius 3 is 2.96 bits per heavy atom. The van der Waals surface area contributed by atoms with Crippen LogP contribution in [-0.2, 0) is 4.79 Å². The van der Waals surface area contributed by atoms with E-state index in [9.17, 15) is 4.79 Å². The zero-order valence-corrected chi connectivity index (χ0v) is 15.9. The van der Waals surface area contributed by atoms with Gasteiger partial charge in [0.05, 0.1) is 17.2 Å². The van der Waals surface area contributed by atoms with Crippen molar-refractivity contribution in [1.29, 1.82) is 0 Å². The highest BCUT2D eigenvalue weighted by atomic mass is 32.1. The number of amides is 1. The lowest BCUT2D eigenvalue weighted by Gasteiger charge is -2.42. The predicted molar refractivity (Wildman–Crippen MR) is 104 cm³/mol. The summed E-state index contributed by atoms with van der Waals surface area (Å²) in [6, 6.07) is 8.05. The van der Waals surface area contributed by atoms with E-state index in [1.54, 1.807) is 11.3 Å². The molecule has 0 radical (unpaired) electrons. The molecule has 3 N–H and O–H groups in total. The number of nitrogens with zero attached hydrogens (tertiary/aromatic N) is 2. The van der Waals surface area contributed by atoms with Crippen LogP contribution in [0.2, 0.25) is 0 Å². The van der Waals surface area contributed by atoms with Crippen LogP contribution in [0.5, 0.6) is 0 Å². The lowest BCUT2D eigenvalue weighted by atomic mass is 9.80. The number of carbonyl (C=O) groups excluding carboxylic acids is 1. The van der Waals surface area contributed by atoms with Gasteiger partial charge >= 0.3 is 0 Å². The second kappa shape index (κ2) is 7.23. The van der Waals surface area contributed by atoms with Crippen LogP contribution in [0.25, 0.3) is 11.3 Å². The van der Waals surface area contributed by atoms with Gasteiger partial charge in [0.25, 0.3) is 0 Å². The van der Waals surface area contributed by atoms with Crippen LogP contribution in [0.3, 0.4) is 0 Å². The van der Waals surface area contributed by atoms with Gasteiger partial charge in [-0.2, -0.15) is 0 Å². The van der Waals surface area contributed by atoms with Gasteiger partial charge in [0.15, 0.2) is 0 Å². The molecule has 6 heteroatoms. The highest BCUT2D eigenvalue weighted by Crippen LogP contribution is 2.28. The molecule has 134 valence electrons. The van der Waals surface area contributed by atoms with Gasteiger partial charge in [-0.05, 0) is 30.9 Å². The van der Waals surface area contributed by atoms with Gasteiger partial charge in [-0.3, -0.25) is 9.69 Å². The van der Waals surface area contributed by atoms with Crippen molar-refractivity contribution >= 4 is 22.9 Å². The lowest BCUT2D eigenvalue weighted by molar-refractivity contribution is -0.118. The van der Waals surface area contributed by atoms with Crippen LogP contribution >= 0.6 is 11.3 Å². The Labute approximate surface area is 153 Å². The molecule has 2 aromatic rings. The number of nitrogens with one attached hydrogen (secondary N) is 1. The van der Waals surface area contributed by atoms with Crippen molar-refractivity contribution in [2.45, 2.75) is 33.2 Å². The molecular formula is C19H26N4OS. The molecule has 0 bridgehead atoms. The van der Waals surface area contributed by atoms with E-state index < -0.39 is 0 Å². The Hall–Kier alpha value is -1.76. The molecule has 0 spiro atoms. The fourth-order valence-electron chi connectivity index (χ4n) is 3.28. The summed E-state index contributed by atoms with van der Waals surface area (Å²) in [7, 11) is 0. The first kappa shape index (κ1) is 18.0. The predicted octanol–water partition coefficient (Wildman–Crippen LogP) is 3.12. The average Bonchev–Trinajstić information content (AvgIpc) is 2.97. The molecular weight excluding hydrogens is 332 g/mol. The minimum absolute atomic E-state index is 0.0119. The maximum Gasteiger partial charge on any atom is 0.238 e. The molecule has 2 heterocycles. The van der Waals surface area contributed by atoms with Gasteiger partial charge in [0.2, 0.25) is 5.91 Å². The molecule has 1 aromatic carbocycles. The average molecular weight is 359 g/mol. The van der Waals surface area contributed by atoms with Crippen molar-refractivity contribution in [3.05, 3.63) is 34.7 Å². The van der Waals surface area contributed by atoms with E-state index in [-0.39, 0.29) is 17.4 Å². The number of nitrogens with two attached hydrogens (primary N) is 1. The van der Waals surface area contributed by atoms with Crippen LogP contribution < -0.4 is 11.1 Å². The van der Waals surface area contributed by atoms with Crippen molar-refractivity contribution in [1.82, 2.24) is 9.88 Å². The van der Waals surface area contributed by atoms with Crippen molar-refractivity contribution in [3.8, 4) is 11.3 Å². The fourth-order valence-corrected chi connectivity index (χ4v) is 3.90. The minimum atomic E-state index is 0.0119. The van der Waals surface area contributed by atoms with Gasteiger partial charge in [-0.1, -0.05) is 26.0 Å². The van der Waals surface area contributed by atoms with E-state index in [4.69, 9.17) is 5.73 Å². The van der Waals surface area contributed by atoms with Crippen LogP contribution in [0.4, 0.5) is 5.69 Å². The Bertz CT molecular complexity index is 755. The van der Waals surface area contributed by atoms with Crippen LogP contribution in [0.15, 0.2) is 29.6 Å². The molecule has 0 aliphatic carbocycles. The second-order valence-corrected chi connectivity index (χ2v) is 8.54. The molecule has 25 heavy (non-hydrogen) atoms. The quantitative estimate of drug-likeness (QED) is 0.881. The van der Waals surface area contributed by atoms with Crippen LogP contribution in [-0.4, -0.2) is 41.5 Å². The van der Waals surface area contributed by atoms with Gasteiger partial charge < -0.3 is 11.1 Å². The Balaban J connectivity index is 1.62. The van der Waals surface area contributed by atoms with E-state index in [2.05, 4.69) is 29.0 Å². The molecule has 1 aliphatic rings. The Kier molecular flexibility index (Phi) is 5.22. The van der Waals surface area contributed by atoms with Crippen molar-refractivity contribution < 1.29 is 4.79 Å². The first-order chi connectivity index (χ1) is 11.8. The third-order valence-corrected chi connectivity index (χ3v) is 5.59. The van der Waals surface area contributed by atoms with Crippen molar-refractivity contribution in [3.63, 3.8) is 0 Å². The Morgan fingerprint density at radius 2 is 2.28 bits per heavy atom. The molecule has 1 saturated heterocycles. The monoisotopic (exact) mass is 358 g/mol. The van der Waals surface area contributed by atoms with Crippen LogP contribution in [0, 0.1) is 12.3 Å². The first-order valence-corrected chi connectivity index (χ1v) is 9.52. The van der Waals surface area contributed by atoms with E-state index in [0.29, 0.717) is 6.54 Å². The van der Waals surface area contributed by atoms with Crippen molar-refractivity contribution in [2.75, 3.05) is 25.0 Å². The normalized spacial score (nSPS) is 20.4. The number of carbonyl (C=O) groups is 1. The SMILES string of the molecule is Cc1nc(-c2cccc(NC(=O)CN3CCC(N)C(C)(C)C3)c2)cs1. The van der Waals surface area contributed by atoms with E-state index in [0.717, 1.165) is 41.5 Å². The number of aromatic nitrogens is 1. The molecule has 1 atom stereocenters. The molecule has 1 aromatic heterocycles. The maximum atomic E-state index is 12.4. The Morgan fingerprint density at radius 1 is 1.48 bits per heavy atom. The molecule has 1 amide bonds. The molecule has 5 nitrogen and oxygen atoms in total. The zero-order chi connectivity index (χ0) is 18.0. The standard InChI is InChI=1S/C19H26N4OS/c1-13-21-16(11-25-13)14-5-4-6-15(9-14)22-18(24)10-23-8-7-17(20)19(2,3)12-23/h4-6,9,11,17H,7-8,10,12,20H2,1-3H3,(H,22,24). The number of thiazole rings is 1. The van der Waals surface area contributed by atoms with Gasteiger partial charge in [-0.25, -0.2) is 4.98 Å². The third kappa shape index (κ3) is 4.45. The van der Waals surface area contributed by atoms with Gasteiger partial charge in [0.1, 0.15) is 0 Å². The summed E-state index contributed by atoms with van der Waals surface area (Å²) in [6.45, 7) is 8.44. The summed E-state index contributed by atoms with van der Waals surface area (Å²) in [6.07, 6.45) is 0.930. The summed E-state index contributed by atoms with van der Waals surface area (Å²) in [5.41, 5.74) is 8.99. The number of anilines is 1. The number of hydrogen-bond donors (Lipinski definition) is 2. The summed E-state index contributed by atoms with van der Waals surface area (Å²) >= 11 is 1.63. The summed E-state index contributed by atoms with van der Waals surface area (Å²) in [4.78, 5) is 19.1. The lowest BCUT2D eigenvalue weighted by Crippen LogP contribution is -2.53. The topological polar surface area (TPSA) is 71.2 Å². The highest BCUT2D eigenvalue weighted by molar-refractivity contribution is 7.09. The van der Waals surface area contributed by atoms with E-state index in [1.165, 1.54) is 0 Å². The molecule has 0 saturated carbocycles. The number of rotatable bonds is 4. The molecule has 3 rings (SSSR count). The minimum Gasteiger partial charge on any atom is -0.327 e. The zero-order valence-electron chi connectivity index (χ0n) is 15.1. The largest absolute Gasteiger partial charge is 0.327 e. The van der Waals surface area contributed by atoms with Gasteiger partial charge in [-0.15, -0.1) is 11.3 Å². The molecule has 1 fully saturated rings. The number of piperidine rings is 1. The van der Waals surface area contributed by atoms with Crippen molar-refractivity contribution in [2.24, 2.45) is 11.1 Å². The van der Waals surface area contributed by atoms with E-state index in [1.807, 2.05) is 36.6 Å². The molecule has 1 unspecified atom stereocenters. The summed E-state index contributed by atoms with van der Waals surface area (Å²) in [5, 5.41) is 6.08. The molecule has 1 aliphatic heterocycles.